The Kier molecular flexibility index (Phi) is 6.19. The minimum atomic E-state index is -3.07. The smallest absolute Gasteiger partial charge is 0.388 e. The van der Waals surface area contributed by atoms with E-state index in [1.807, 2.05) is 0 Å². The lowest BCUT2D eigenvalue weighted by atomic mass is 9.75. The average Bonchev–Trinajstić information content (AvgIpc) is 3.15. The van der Waals surface area contributed by atoms with Gasteiger partial charge in [-0.25, -0.2) is 23.7 Å². The molecule has 0 aliphatic carbocycles. The molecule has 1 aromatic heterocycles. The van der Waals surface area contributed by atoms with Gasteiger partial charge < -0.3 is 19.9 Å². The first-order valence-corrected chi connectivity index (χ1v) is 10.0. The maximum Gasteiger partial charge on any atom is 0.388 e. The number of halogens is 4. The van der Waals surface area contributed by atoms with Crippen molar-refractivity contribution in [3.05, 3.63) is 53.2 Å². The summed E-state index contributed by atoms with van der Waals surface area (Å²) in [5.74, 6) is -2.29. The summed E-state index contributed by atoms with van der Waals surface area (Å²) < 4.78 is 69.1. The zero-order valence-corrected chi connectivity index (χ0v) is 17.4. The van der Waals surface area contributed by atoms with Crippen LogP contribution < -0.4 is 10.5 Å². The summed E-state index contributed by atoms with van der Waals surface area (Å²) >= 11 is 0. The first kappa shape index (κ1) is 22.9. The number of nitrogens with zero attached hydrogens (tertiary/aromatic N) is 3. The number of carbonyl (C=O) groups is 1. The molecule has 0 spiro atoms. The minimum absolute atomic E-state index is 0.0685. The molecule has 0 radical (unpaired) electrons. The Morgan fingerprint density at radius 1 is 1.33 bits per heavy atom. The van der Waals surface area contributed by atoms with Gasteiger partial charge in [0, 0.05) is 12.0 Å². The lowest BCUT2D eigenvalue weighted by Crippen LogP contribution is -2.51. The third kappa shape index (κ3) is 4.34. The molecule has 33 heavy (non-hydrogen) atoms. The zero-order chi connectivity index (χ0) is 23.8. The van der Waals surface area contributed by atoms with Crippen LogP contribution in [0.15, 0.2) is 35.6 Å². The van der Waals surface area contributed by atoms with Crippen molar-refractivity contribution in [2.24, 2.45) is 16.6 Å². The fourth-order valence-electron chi connectivity index (χ4n) is 4.17. The van der Waals surface area contributed by atoms with Crippen LogP contribution in [0.4, 0.5) is 17.6 Å². The van der Waals surface area contributed by atoms with Gasteiger partial charge in [-0.1, -0.05) is 6.07 Å². The van der Waals surface area contributed by atoms with Crippen LogP contribution in [0, 0.1) is 11.7 Å². The summed E-state index contributed by atoms with van der Waals surface area (Å²) in [5.41, 5.74) is 4.31. The van der Waals surface area contributed by atoms with Crippen LogP contribution >= 0.6 is 0 Å². The second-order valence-corrected chi connectivity index (χ2v) is 7.77. The van der Waals surface area contributed by atoms with Gasteiger partial charge in [0.05, 0.1) is 31.0 Å². The van der Waals surface area contributed by atoms with Crippen LogP contribution in [-0.4, -0.2) is 53.9 Å². The molecule has 176 valence electrons. The lowest BCUT2D eigenvalue weighted by molar-refractivity contribution is -0.0531. The summed E-state index contributed by atoms with van der Waals surface area (Å²) in [4.78, 5) is 24.1. The van der Waals surface area contributed by atoms with Gasteiger partial charge in [0.2, 0.25) is 5.88 Å². The second-order valence-electron chi connectivity index (χ2n) is 7.77. The number of hydrogen-bond donors (Lipinski definition) is 1. The van der Waals surface area contributed by atoms with Crippen LogP contribution in [0.1, 0.15) is 28.5 Å². The molecule has 1 saturated heterocycles. The highest BCUT2D eigenvalue weighted by atomic mass is 19.3. The summed E-state index contributed by atoms with van der Waals surface area (Å²) in [6.07, 6.45) is 0.675. The van der Waals surface area contributed by atoms with Crippen LogP contribution in [0.2, 0.25) is 0 Å². The molecule has 4 rings (SSSR count). The molecule has 0 saturated carbocycles. The van der Waals surface area contributed by atoms with E-state index in [0.717, 1.165) is 18.5 Å². The number of alkyl halides is 3. The average molecular weight is 468 g/mol. The van der Waals surface area contributed by atoms with Crippen molar-refractivity contribution < 1.29 is 36.6 Å². The third-order valence-corrected chi connectivity index (χ3v) is 5.77. The SMILES string of the molecule is C[C@@H]1OC[C@H]2[C@@H]1OC(N)=N[C@]2(CF)c1cc(CC(=O)c2cnc(OC(F)F)cn2)ccc1F. The number of fused-ring (bicyclic) bond motifs is 1. The van der Waals surface area contributed by atoms with E-state index in [2.05, 4.69) is 19.7 Å². The molecule has 3 heterocycles. The van der Waals surface area contributed by atoms with Crippen molar-refractivity contribution in [1.82, 2.24) is 9.97 Å². The summed E-state index contributed by atoms with van der Waals surface area (Å²) in [5, 5.41) is 0. The van der Waals surface area contributed by atoms with E-state index in [0.29, 0.717) is 5.56 Å². The van der Waals surface area contributed by atoms with Gasteiger partial charge >= 0.3 is 6.61 Å². The number of ketones is 1. The van der Waals surface area contributed by atoms with Crippen LogP contribution in [0.25, 0.3) is 0 Å². The van der Waals surface area contributed by atoms with Crippen molar-refractivity contribution in [3.8, 4) is 5.88 Å². The molecule has 1 fully saturated rings. The van der Waals surface area contributed by atoms with E-state index < -0.39 is 54.4 Å². The first-order chi connectivity index (χ1) is 15.7. The number of aliphatic imine (C=N–C) groups is 1. The van der Waals surface area contributed by atoms with Crippen molar-refractivity contribution in [2.45, 2.75) is 37.7 Å². The van der Waals surface area contributed by atoms with Gasteiger partial charge in [-0.2, -0.15) is 8.78 Å². The zero-order valence-electron chi connectivity index (χ0n) is 17.4. The number of amidine groups is 1. The Labute approximate surface area is 185 Å². The Morgan fingerprint density at radius 3 is 2.79 bits per heavy atom. The predicted molar refractivity (Wildman–Crippen MR) is 106 cm³/mol. The summed E-state index contributed by atoms with van der Waals surface area (Å²) in [6.45, 7) is -2.29. The predicted octanol–water partition coefficient (Wildman–Crippen LogP) is 2.56. The molecular weight excluding hydrogens is 448 g/mol. The number of aromatic nitrogens is 2. The Hall–Kier alpha value is -3.28. The molecule has 1 aromatic carbocycles. The third-order valence-electron chi connectivity index (χ3n) is 5.77. The van der Waals surface area contributed by atoms with E-state index in [1.54, 1.807) is 6.92 Å². The molecule has 2 N–H and O–H groups in total. The quantitative estimate of drug-likeness (QED) is 0.491. The molecule has 0 bridgehead atoms. The molecule has 12 heteroatoms. The molecule has 8 nitrogen and oxygen atoms in total. The van der Waals surface area contributed by atoms with E-state index in [9.17, 15) is 22.4 Å². The first-order valence-electron chi connectivity index (χ1n) is 10.0. The highest BCUT2D eigenvalue weighted by Gasteiger charge is 2.55. The summed E-state index contributed by atoms with van der Waals surface area (Å²) in [7, 11) is 0. The number of rotatable bonds is 7. The van der Waals surface area contributed by atoms with Crippen LogP contribution in [0.3, 0.4) is 0 Å². The van der Waals surface area contributed by atoms with Crippen molar-refractivity contribution in [1.29, 1.82) is 0 Å². The van der Waals surface area contributed by atoms with E-state index in [-0.39, 0.29) is 30.3 Å². The maximum atomic E-state index is 14.9. The van der Waals surface area contributed by atoms with Gasteiger partial charge in [0.15, 0.2) is 5.78 Å². The fourth-order valence-corrected chi connectivity index (χ4v) is 4.17. The maximum absolute atomic E-state index is 14.9. The van der Waals surface area contributed by atoms with Gasteiger partial charge in [-0.15, -0.1) is 0 Å². The Morgan fingerprint density at radius 2 is 2.12 bits per heavy atom. The fraction of sp³-hybridized carbons (Fsp3) is 0.429. The molecule has 0 amide bonds. The molecule has 2 aliphatic heterocycles. The molecule has 2 aromatic rings. The van der Waals surface area contributed by atoms with Gasteiger partial charge in [-0.3, -0.25) is 4.79 Å². The van der Waals surface area contributed by atoms with Crippen molar-refractivity contribution in [2.75, 3.05) is 13.3 Å². The van der Waals surface area contributed by atoms with Crippen molar-refractivity contribution >= 4 is 11.8 Å². The highest BCUT2D eigenvalue weighted by Crippen LogP contribution is 2.45. The minimum Gasteiger partial charge on any atom is -0.459 e. The molecule has 2 aliphatic rings. The molecular formula is C21H20F4N4O4. The second kappa shape index (κ2) is 8.93. The standard InChI is InChI=1S/C21H20F4N4O4/c1-10-18-13(8-31-10)21(9-22,29-20(26)33-18)12-4-11(2-3-14(12)23)5-16(30)15-6-28-17(7-27-15)32-19(24)25/h2-4,6-7,10,13,18-19H,5,8-9H2,1H3,(H2,26,29)/t10-,13-,18+,21+/m0/s1. The van der Waals surface area contributed by atoms with Crippen LogP contribution in [0.5, 0.6) is 5.88 Å². The monoisotopic (exact) mass is 468 g/mol. The number of carbonyl (C=O) groups excluding carboxylic acids is 1. The number of ether oxygens (including phenoxy) is 3. The number of benzene rings is 1. The number of nitrogens with two attached hydrogens (primary N) is 1. The van der Waals surface area contributed by atoms with Gasteiger partial charge in [0.25, 0.3) is 6.02 Å². The van der Waals surface area contributed by atoms with Gasteiger partial charge in [-0.05, 0) is 24.6 Å². The molecule has 4 atom stereocenters. The normalized spacial score (nSPS) is 26.5. The van der Waals surface area contributed by atoms with E-state index in [4.69, 9.17) is 15.2 Å². The van der Waals surface area contributed by atoms with E-state index >= 15 is 0 Å². The van der Waals surface area contributed by atoms with Crippen molar-refractivity contribution in [3.63, 3.8) is 0 Å². The van der Waals surface area contributed by atoms with Crippen LogP contribution in [-0.2, 0) is 21.4 Å². The Bertz CT molecular complexity index is 1070. The molecule has 0 unspecified atom stereocenters. The number of Topliss-reactive ketones (excluding diaryl/α,β-unsaturated/α-hetero) is 1. The number of hydrogen-bond acceptors (Lipinski definition) is 8. The topological polar surface area (TPSA) is 109 Å². The van der Waals surface area contributed by atoms with Gasteiger partial charge in [0.1, 0.15) is 29.8 Å². The Balaban J connectivity index is 1.62. The highest BCUT2D eigenvalue weighted by molar-refractivity contribution is 5.95. The lowest BCUT2D eigenvalue weighted by Gasteiger charge is -2.40. The summed E-state index contributed by atoms with van der Waals surface area (Å²) in [6, 6.07) is 3.59. The van der Waals surface area contributed by atoms with E-state index in [1.165, 1.54) is 12.1 Å². The largest absolute Gasteiger partial charge is 0.459 e.